The molecule has 1 aromatic heterocycles. The van der Waals surface area contributed by atoms with Gasteiger partial charge in [-0.25, -0.2) is 8.42 Å². The number of hydrogen-bond acceptors (Lipinski definition) is 5. The highest BCUT2D eigenvalue weighted by Gasteiger charge is 2.36. The highest BCUT2D eigenvalue weighted by molar-refractivity contribution is 7.89. The van der Waals surface area contributed by atoms with Gasteiger partial charge >= 0.3 is 0 Å². The van der Waals surface area contributed by atoms with E-state index in [1.54, 1.807) is 11.4 Å². The van der Waals surface area contributed by atoms with Crippen LogP contribution in [0.15, 0.2) is 16.3 Å². The van der Waals surface area contributed by atoms with Crippen molar-refractivity contribution in [2.45, 2.75) is 43.9 Å². The van der Waals surface area contributed by atoms with E-state index in [0.29, 0.717) is 24.4 Å². The van der Waals surface area contributed by atoms with Gasteiger partial charge in [-0.15, -0.1) is 11.3 Å². The maximum Gasteiger partial charge on any atom is 0.244 e. The molecule has 7 heteroatoms. The lowest BCUT2D eigenvalue weighted by Crippen LogP contribution is -2.51. The van der Waals surface area contributed by atoms with Crippen molar-refractivity contribution in [1.29, 1.82) is 0 Å². The van der Waals surface area contributed by atoms with Crippen LogP contribution in [0.1, 0.15) is 25.1 Å². The highest BCUT2D eigenvalue weighted by atomic mass is 32.2. The second kappa shape index (κ2) is 5.88. The first kappa shape index (κ1) is 14.9. The Kier molecular flexibility index (Phi) is 4.62. The zero-order chi connectivity index (χ0) is 14.0. The number of aliphatic hydroxyl groups is 1. The number of nitrogens with zero attached hydrogens (tertiary/aromatic N) is 1. The van der Waals surface area contributed by atoms with Gasteiger partial charge in [0.25, 0.3) is 0 Å². The number of thiophene rings is 1. The van der Waals surface area contributed by atoms with Gasteiger partial charge in [0.15, 0.2) is 0 Å². The number of sulfonamides is 1. The van der Waals surface area contributed by atoms with Crippen LogP contribution in [0.2, 0.25) is 0 Å². The zero-order valence-corrected chi connectivity index (χ0v) is 12.7. The summed E-state index contributed by atoms with van der Waals surface area (Å²) in [4.78, 5) is 0.724. The van der Waals surface area contributed by atoms with Crippen LogP contribution in [-0.4, -0.2) is 43.1 Å². The van der Waals surface area contributed by atoms with Gasteiger partial charge < -0.3 is 9.84 Å². The normalized spacial score (nSPS) is 25.6. The smallest absolute Gasteiger partial charge is 0.244 e. The van der Waals surface area contributed by atoms with Crippen molar-refractivity contribution in [3.63, 3.8) is 0 Å². The third-order valence-corrected chi connectivity index (χ3v) is 6.36. The van der Waals surface area contributed by atoms with Crippen LogP contribution < -0.4 is 0 Å². The molecule has 2 atom stereocenters. The molecule has 108 valence electrons. The summed E-state index contributed by atoms with van der Waals surface area (Å²) in [6.07, 6.45) is 0.610. The maximum atomic E-state index is 12.7. The summed E-state index contributed by atoms with van der Waals surface area (Å²) in [5, 5.41) is 10.9. The van der Waals surface area contributed by atoms with E-state index in [0.717, 1.165) is 0 Å². The number of rotatable bonds is 4. The summed E-state index contributed by atoms with van der Waals surface area (Å²) in [5.41, 5.74) is 0. The van der Waals surface area contributed by atoms with Crippen molar-refractivity contribution in [3.05, 3.63) is 16.3 Å². The van der Waals surface area contributed by atoms with Gasteiger partial charge in [-0.2, -0.15) is 4.31 Å². The predicted octanol–water partition coefficient (Wildman–Crippen LogP) is 1.43. The molecule has 0 bridgehead atoms. The molecule has 0 aromatic carbocycles. The standard InChI is InChI=1S/C12H19NO4S2/c1-3-10-8-17-9(2)6-13(10)19(15,16)12-4-5-18-11(12)7-14/h4-5,9-10,14H,3,6-8H2,1-2H3. The molecule has 2 rings (SSSR count). The summed E-state index contributed by atoms with van der Waals surface area (Å²) in [6, 6.07) is 1.44. The average Bonchev–Trinajstić information content (AvgIpc) is 2.87. The Balaban J connectivity index is 2.37. The van der Waals surface area contributed by atoms with Gasteiger partial charge in [0.2, 0.25) is 10.0 Å². The van der Waals surface area contributed by atoms with Gasteiger partial charge in [-0.05, 0) is 24.8 Å². The Bertz CT molecular complexity index is 526. The zero-order valence-electron chi connectivity index (χ0n) is 11.1. The molecule has 19 heavy (non-hydrogen) atoms. The summed E-state index contributed by atoms with van der Waals surface area (Å²) in [7, 11) is -3.55. The molecule has 0 amide bonds. The lowest BCUT2D eigenvalue weighted by Gasteiger charge is -2.37. The van der Waals surface area contributed by atoms with E-state index in [4.69, 9.17) is 4.74 Å². The van der Waals surface area contributed by atoms with Gasteiger partial charge in [0.05, 0.1) is 24.2 Å². The third-order valence-electron chi connectivity index (χ3n) is 3.32. The highest BCUT2D eigenvalue weighted by Crippen LogP contribution is 2.29. The number of aliphatic hydroxyl groups excluding tert-OH is 1. The fourth-order valence-corrected chi connectivity index (χ4v) is 5.26. The summed E-state index contributed by atoms with van der Waals surface area (Å²) in [6.45, 7) is 4.36. The molecule has 1 N–H and O–H groups in total. The minimum Gasteiger partial charge on any atom is -0.391 e. The fourth-order valence-electron chi connectivity index (χ4n) is 2.23. The van der Waals surface area contributed by atoms with Crippen molar-refractivity contribution in [1.82, 2.24) is 4.31 Å². The minimum absolute atomic E-state index is 0.103. The maximum absolute atomic E-state index is 12.7. The van der Waals surface area contributed by atoms with E-state index in [2.05, 4.69) is 0 Å². The Labute approximate surface area is 117 Å². The molecule has 0 aliphatic carbocycles. The quantitative estimate of drug-likeness (QED) is 0.914. The van der Waals surface area contributed by atoms with Crippen molar-refractivity contribution < 1.29 is 18.3 Å². The van der Waals surface area contributed by atoms with Gasteiger partial charge in [0, 0.05) is 17.5 Å². The third kappa shape index (κ3) is 2.85. The van der Waals surface area contributed by atoms with E-state index in [-0.39, 0.29) is 23.6 Å². The van der Waals surface area contributed by atoms with E-state index in [1.165, 1.54) is 15.6 Å². The van der Waals surface area contributed by atoms with Crippen LogP contribution in [0.4, 0.5) is 0 Å². The van der Waals surface area contributed by atoms with Crippen molar-refractivity contribution in [2.24, 2.45) is 0 Å². The molecule has 5 nitrogen and oxygen atoms in total. The molecular weight excluding hydrogens is 286 g/mol. The molecule has 1 fully saturated rings. The van der Waals surface area contributed by atoms with Crippen LogP contribution in [0.5, 0.6) is 0 Å². The van der Waals surface area contributed by atoms with Gasteiger partial charge in [-0.3, -0.25) is 0 Å². The van der Waals surface area contributed by atoms with Crippen molar-refractivity contribution >= 4 is 21.4 Å². The average molecular weight is 305 g/mol. The van der Waals surface area contributed by atoms with Crippen LogP contribution in [0.3, 0.4) is 0 Å². The molecule has 2 heterocycles. The number of hydrogen-bond donors (Lipinski definition) is 1. The largest absolute Gasteiger partial charge is 0.391 e. The van der Waals surface area contributed by atoms with Crippen LogP contribution in [0.25, 0.3) is 0 Å². The Morgan fingerprint density at radius 2 is 2.32 bits per heavy atom. The summed E-state index contributed by atoms with van der Waals surface area (Å²) in [5.74, 6) is 0. The monoisotopic (exact) mass is 305 g/mol. The molecule has 1 aliphatic heterocycles. The Morgan fingerprint density at radius 3 is 2.95 bits per heavy atom. The lowest BCUT2D eigenvalue weighted by molar-refractivity contribution is -0.0230. The van der Waals surface area contributed by atoms with Crippen LogP contribution in [0, 0.1) is 0 Å². The van der Waals surface area contributed by atoms with Gasteiger partial charge in [0.1, 0.15) is 0 Å². The summed E-state index contributed by atoms with van der Waals surface area (Å²) >= 11 is 1.26. The van der Waals surface area contributed by atoms with Gasteiger partial charge in [-0.1, -0.05) is 6.92 Å². The molecule has 2 unspecified atom stereocenters. The van der Waals surface area contributed by atoms with E-state index < -0.39 is 10.0 Å². The van der Waals surface area contributed by atoms with Crippen LogP contribution in [-0.2, 0) is 21.4 Å². The number of ether oxygens (including phenoxy) is 1. The molecule has 0 spiro atoms. The SMILES string of the molecule is CCC1COC(C)CN1S(=O)(=O)c1ccsc1CO. The fraction of sp³-hybridized carbons (Fsp3) is 0.667. The minimum atomic E-state index is -3.55. The van der Waals surface area contributed by atoms with Crippen LogP contribution >= 0.6 is 11.3 Å². The lowest BCUT2D eigenvalue weighted by atomic mass is 10.2. The first-order chi connectivity index (χ1) is 9.00. The molecule has 1 aliphatic rings. The van der Waals surface area contributed by atoms with E-state index >= 15 is 0 Å². The molecule has 0 radical (unpaired) electrons. The molecule has 0 saturated carbocycles. The second-order valence-corrected chi connectivity index (χ2v) is 7.51. The van der Waals surface area contributed by atoms with E-state index in [1.807, 2.05) is 13.8 Å². The second-order valence-electron chi connectivity index (χ2n) is 4.65. The Morgan fingerprint density at radius 1 is 1.58 bits per heavy atom. The summed E-state index contributed by atoms with van der Waals surface area (Å²) < 4.78 is 32.5. The molecular formula is C12H19NO4S2. The van der Waals surface area contributed by atoms with Crippen molar-refractivity contribution in [2.75, 3.05) is 13.2 Å². The van der Waals surface area contributed by atoms with Crippen molar-refractivity contribution in [3.8, 4) is 0 Å². The first-order valence-corrected chi connectivity index (χ1v) is 8.63. The molecule has 1 saturated heterocycles. The Hall–Kier alpha value is -0.470. The predicted molar refractivity (Wildman–Crippen MR) is 73.6 cm³/mol. The number of morpholine rings is 1. The topological polar surface area (TPSA) is 66.8 Å². The molecule has 1 aromatic rings. The first-order valence-electron chi connectivity index (χ1n) is 6.31. The van der Waals surface area contributed by atoms with E-state index in [9.17, 15) is 13.5 Å².